The molecular formula is C16H15Cl3N6O3. The molecule has 1 unspecified atom stereocenters. The fourth-order valence-electron chi connectivity index (χ4n) is 2.02. The van der Waals surface area contributed by atoms with Crippen molar-refractivity contribution in [3.05, 3.63) is 69.5 Å². The molecule has 2 aromatic rings. The summed E-state index contributed by atoms with van der Waals surface area (Å²) in [6, 6.07) is 9.44. The molecule has 1 aromatic carbocycles. The van der Waals surface area contributed by atoms with Crippen LogP contribution >= 0.6 is 34.8 Å². The highest BCUT2D eigenvalue weighted by molar-refractivity contribution is 6.48. The van der Waals surface area contributed by atoms with Gasteiger partial charge >= 0.3 is 0 Å². The van der Waals surface area contributed by atoms with Crippen molar-refractivity contribution in [2.75, 3.05) is 5.32 Å². The fraction of sp³-hybridized carbons (Fsp3) is 0.188. The largest absolute Gasteiger partial charge is 0.329 e. The van der Waals surface area contributed by atoms with Crippen LogP contribution in [0.4, 0.5) is 5.69 Å². The lowest BCUT2D eigenvalue weighted by atomic mass is 10.2. The molecule has 0 spiro atoms. The fourth-order valence-corrected chi connectivity index (χ4v) is 2.42. The van der Waals surface area contributed by atoms with Crippen molar-refractivity contribution in [1.82, 2.24) is 15.6 Å². The van der Waals surface area contributed by atoms with Crippen LogP contribution in [-0.4, -0.2) is 32.4 Å². The third kappa shape index (κ3) is 6.84. The van der Waals surface area contributed by atoms with E-state index in [1.165, 1.54) is 31.5 Å². The summed E-state index contributed by atoms with van der Waals surface area (Å²) in [5, 5.41) is 21.4. The number of alkyl halides is 2. The Hall–Kier alpha value is -2.62. The molecule has 1 heterocycles. The number of pyridine rings is 1. The van der Waals surface area contributed by atoms with E-state index in [1.54, 1.807) is 24.3 Å². The molecule has 0 aliphatic heterocycles. The number of nitrogens with zero attached hydrogens (tertiary/aromatic N) is 3. The molecule has 0 aliphatic rings. The van der Waals surface area contributed by atoms with E-state index in [4.69, 9.17) is 34.8 Å². The van der Waals surface area contributed by atoms with E-state index in [2.05, 4.69) is 26.0 Å². The van der Waals surface area contributed by atoms with Crippen LogP contribution in [0, 0.1) is 10.1 Å². The molecule has 3 N–H and O–H groups in total. The standard InChI is InChI=1S/C16H15Cl3N6O3/c1-16(18,19)14(22-13(26)10-4-2-5-11(17)8-10)23-15(24-25(27)28)21-12-6-3-7-20-9-12/h2-9,14H,1H3,(H,22,26)(H2,21,23,24). The summed E-state index contributed by atoms with van der Waals surface area (Å²) < 4.78 is -1.55. The van der Waals surface area contributed by atoms with Gasteiger partial charge in [0.15, 0.2) is 9.37 Å². The van der Waals surface area contributed by atoms with Crippen molar-refractivity contribution in [3.63, 3.8) is 0 Å². The summed E-state index contributed by atoms with van der Waals surface area (Å²) >= 11 is 18.2. The summed E-state index contributed by atoms with van der Waals surface area (Å²) in [6.07, 6.45) is 1.81. The molecule has 148 valence electrons. The first-order valence-electron chi connectivity index (χ1n) is 7.76. The Kier molecular flexibility index (Phi) is 7.38. The molecule has 0 saturated heterocycles. The van der Waals surface area contributed by atoms with E-state index in [-0.39, 0.29) is 11.5 Å². The molecule has 0 fully saturated rings. The molecule has 12 heteroatoms. The number of guanidine groups is 1. The lowest BCUT2D eigenvalue weighted by molar-refractivity contribution is -0.485. The smallest absolute Gasteiger partial charge is 0.274 e. The highest BCUT2D eigenvalue weighted by Gasteiger charge is 2.33. The highest BCUT2D eigenvalue weighted by atomic mass is 35.5. The predicted molar refractivity (Wildman–Crippen MR) is 108 cm³/mol. The number of amides is 1. The monoisotopic (exact) mass is 444 g/mol. The zero-order valence-electron chi connectivity index (χ0n) is 14.4. The number of rotatable bonds is 6. The number of nitro groups is 1. The first kappa shape index (κ1) is 21.7. The van der Waals surface area contributed by atoms with Crippen molar-refractivity contribution in [2.24, 2.45) is 5.10 Å². The minimum Gasteiger partial charge on any atom is -0.329 e. The van der Waals surface area contributed by atoms with Crippen LogP contribution in [0.2, 0.25) is 5.02 Å². The van der Waals surface area contributed by atoms with E-state index >= 15 is 0 Å². The number of carbonyl (C=O) groups is 1. The van der Waals surface area contributed by atoms with E-state index in [1.807, 2.05) is 0 Å². The quantitative estimate of drug-likeness (QED) is 0.157. The van der Waals surface area contributed by atoms with Crippen LogP contribution in [0.5, 0.6) is 0 Å². The summed E-state index contributed by atoms with van der Waals surface area (Å²) in [5.41, 5.74) is 0.672. The molecule has 0 radical (unpaired) electrons. The van der Waals surface area contributed by atoms with Gasteiger partial charge in [0.1, 0.15) is 11.3 Å². The molecule has 1 aromatic heterocycles. The lowest BCUT2D eigenvalue weighted by Crippen LogP contribution is -2.57. The van der Waals surface area contributed by atoms with Gasteiger partial charge in [-0.3, -0.25) is 9.78 Å². The Bertz CT molecular complexity index is 873. The highest BCUT2D eigenvalue weighted by Crippen LogP contribution is 2.23. The van der Waals surface area contributed by atoms with E-state index in [0.717, 1.165) is 0 Å². The van der Waals surface area contributed by atoms with Crippen molar-refractivity contribution >= 4 is 52.4 Å². The molecule has 1 atom stereocenters. The number of halogens is 3. The van der Waals surface area contributed by atoms with Crippen LogP contribution in [0.25, 0.3) is 0 Å². The minimum absolute atomic E-state index is 0.255. The van der Waals surface area contributed by atoms with Crippen molar-refractivity contribution < 1.29 is 9.83 Å². The summed E-state index contributed by atoms with van der Waals surface area (Å²) in [6.45, 7) is 1.40. The Morgan fingerprint density at radius 3 is 2.61 bits per heavy atom. The number of hydrogen-bond acceptors (Lipinski definition) is 4. The maximum absolute atomic E-state index is 12.5. The number of benzene rings is 1. The number of hydrazone groups is 1. The van der Waals surface area contributed by atoms with Gasteiger partial charge in [-0.2, -0.15) is 0 Å². The SMILES string of the molecule is CC(Cl)(Cl)C(NC(=O)c1cccc(Cl)c1)NC(=N[N+](=O)[O-])Nc1cccnc1. The molecule has 9 nitrogen and oxygen atoms in total. The van der Waals surface area contributed by atoms with Crippen LogP contribution < -0.4 is 16.0 Å². The van der Waals surface area contributed by atoms with Crippen LogP contribution in [0.15, 0.2) is 53.9 Å². The van der Waals surface area contributed by atoms with Gasteiger partial charge in [-0.05, 0) is 37.3 Å². The summed E-state index contributed by atoms with van der Waals surface area (Å²) in [5.74, 6) is -0.851. The predicted octanol–water partition coefficient (Wildman–Crippen LogP) is 3.23. The van der Waals surface area contributed by atoms with Gasteiger partial charge in [-0.15, -0.1) is 0 Å². The van der Waals surface area contributed by atoms with Gasteiger partial charge in [-0.1, -0.05) is 40.9 Å². The number of nitrogens with one attached hydrogen (secondary N) is 3. The van der Waals surface area contributed by atoms with Gasteiger partial charge in [-0.25, -0.2) is 10.1 Å². The van der Waals surface area contributed by atoms with Gasteiger partial charge in [0.25, 0.3) is 11.9 Å². The third-order valence-corrected chi connectivity index (χ3v) is 3.93. The first-order valence-corrected chi connectivity index (χ1v) is 8.89. The average molecular weight is 446 g/mol. The molecule has 28 heavy (non-hydrogen) atoms. The van der Waals surface area contributed by atoms with E-state index in [0.29, 0.717) is 10.7 Å². The lowest BCUT2D eigenvalue weighted by Gasteiger charge is -2.29. The molecule has 0 saturated carbocycles. The van der Waals surface area contributed by atoms with Crippen LogP contribution in [-0.2, 0) is 0 Å². The van der Waals surface area contributed by atoms with Crippen LogP contribution in [0.3, 0.4) is 0 Å². The number of carbonyl (C=O) groups excluding carboxylic acids is 1. The van der Waals surface area contributed by atoms with Crippen molar-refractivity contribution in [2.45, 2.75) is 17.4 Å². The average Bonchev–Trinajstić information content (AvgIpc) is 2.60. The van der Waals surface area contributed by atoms with Crippen LogP contribution in [0.1, 0.15) is 17.3 Å². The molecule has 2 rings (SSSR count). The second-order valence-electron chi connectivity index (χ2n) is 5.57. The van der Waals surface area contributed by atoms with Gasteiger partial charge < -0.3 is 16.0 Å². The second-order valence-corrected chi connectivity index (χ2v) is 7.77. The van der Waals surface area contributed by atoms with Gasteiger partial charge in [0.2, 0.25) is 0 Å². The molecular weight excluding hydrogens is 431 g/mol. The third-order valence-electron chi connectivity index (χ3n) is 3.26. The Morgan fingerprint density at radius 1 is 1.29 bits per heavy atom. The van der Waals surface area contributed by atoms with Gasteiger partial charge in [0, 0.05) is 16.8 Å². The molecule has 1 amide bonds. The van der Waals surface area contributed by atoms with Crippen molar-refractivity contribution in [3.8, 4) is 0 Å². The number of anilines is 1. The molecule has 0 aliphatic carbocycles. The number of hydrogen-bond donors (Lipinski definition) is 3. The maximum Gasteiger partial charge on any atom is 0.274 e. The maximum atomic E-state index is 12.5. The minimum atomic E-state index is -1.55. The Morgan fingerprint density at radius 2 is 2.04 bits per heavy atom. The Balaban J connectivity index is 2.23. The summed E-state index contributed by atoms with van der Waals surface area (Å²) in [4.78, 5) is 27.2. The summed E-state index contributed by atoms with van der Waals surface area (Å²) in [7, 11) is 0. The zero-order valence-corrected chi connectivity index (χ0v) is 16.7. The Labute approximate surface area is 175 Å². The number of aromatic nitrogens is 1. The van der Waals surface area contributed by atoms with Gasteiger partial charge in [0.05, 0.1) is 11.9 Å². The molecule has 0 bridgehead atoms. The zero-order chi connectivity index (χ0) is 20.7. The second kappa shape index (κ2) is 9.54. The topological polar surface area (TPSA) is 122 Å². The van der Waals surface area contributed by atoms with Crippen molar-refractivity contribution in [1.29, 1.82) is 0 Å². The first-order chi connectivity index (χ1) is 13.1. The van der Waals surface area contributed by atoms with E-state index < -0.39 is 21.4 Å². The normalized spacial score (nSPS) is 12.8. The van der Waals surface area contributed by atoms with E-state index in [9.17, 15) is 14.9 Å².